The number of unbranched alkanes of at least 4 members (excludes halogenated alkanes) is 5. The maximum Gasteiger partial charge on any atom is 0.328 e. The van der Waals surface area contributed by atoms with E-state index in [0.717, 1.165) is 53.8 Å². The minimum atomic E-state index is -0.926. The highest BCUT2D eigenvalue weighted by molar-refractivity contribution is 5.85. The molecule has 0 unspecified atom stereocenters. The monoisotopic (exact) mass is 380 g/mol. The van der Waals surface area contributed by atoms with Crippen molar-refractivity contribution in [2.45, 2.75) is 71.6 Å². The first kappa shape index (κ1) is 21.8. The van der Waals surface area contributed by atoms with Gasteiger partial charge in [0.1, 0.15) is 0 Å². The van der Waals surface area contributed by atoms with Gasteiger partial charge in [0, 0.05) is 24.0 Å². The molecule has 150 valence electrons. The maximum absolute atomic E-state index is 10.9. The molecule has 1 heterocycles. The summed E-state index contributed by atoms with van der Waals surface area (Å²) in [6.07, 6.45) is 17.1. The molecule has 0 saturated carbocycles. The Kier molecular flexibility index (Phi) is 9.40. The van der Waals surface area contributed by atoms with Gasteiger partial charge in [-0.1, -0.05) is 64.5 Å². The Bertz CT molecular complexity index is 767. The number of benzene rings is 1. The molecule has 1 aromatic heterocycles. The summed E-state index contributed by atoms with van der Waals surface area (Å²) in [5.74, 6) is -0.206. The zero-order valence-corrected chi connectivity index (χ0v) is 17.2. The van der Waals surface area contributed by atoms with Gasteiger partial charge in [0.05, 0.1) is 0 Å². The lowest BCUT2D eigenvalue weighted by molar-refractivity contribution is -0.131. The molecular formula is C24H32N2O2. The summed E-state index contributed by atoms with van der Waals surface area (Å²) in [5.41, 5.74) is 4.25. The van der Waals surface area contributed by atoms with Crippen LogP contribution < -0.4 is 0 Å². The average molecular weight is 381 g/mol. The maximum atomic E-state index is 10.9. The number of carboxylic acids is 1. The molecule has 4 heteroatoms. The van der Waals surface area contributed by atoms with E-state index in [4.69, 9.17) is 5.11 Å². The van der Waals surface area contributed by atoms with Gasteiger partial charge in [-0.3, -0.25) is 0 Å². The van der Waals surface area contributed by atoms with Gasteiger partial charge in [-0.2, -0.15) is 0 Å². The van der Waals surface area contributed by atoms with E-state index in [1.807, 2.05) is 24.5 Å². The fourth-order valence-corrected chi connectivity index (χ4v) is 3.30. The Labute approximate surface area is 168 Å². The molecular weight excluding hydrogens is 348 g/mol. The molecule has 0 amide bonds. The van der Waals surface area contributed by atoms with Crippen LogP contribution in [0.2, 0.25) is 0 Å². The molecule has 1 N–H and O–H groups in total. The molecule has 2 rings (SSSR count). The number of nitrogens with zero attached hydrogens (tertiary/aromatic N) is 2. The van der Waals surface area contributed by atoms with Crippen LogP contribution in [0.1, 0.15) is 75.5 Å². The quantitative estimate of drug-likeness (QED) is 0.357. The van der Waals surface area contributed by atoms with Crippen LogP contribution in [0.15, 0.2) is 36.7 Å². The average Bonchev–Trinajstić information content (AvgIpc) is 2.70. The van der Waals surface area contributed by atoms with Crippen LogP contribution >= 0.6 is 0 Å². The summed E-state index contributed by atoms with van der Waals surface area (Å²) in [5, 5.41) is 8.96. The largest absolute Gasteiger partial charge is 0.478 e. The molecule has 1 aromatic carbocycles. The SMILES string of the molecule is CCCCCCCCc1cc(-c2ncc(CCC)cn2)ccc1C=CC(=O)O. The first-order valence-corrected chi connectivity index (χ1v) is 10.5. The van der Waals surface area contributed by atoms with E-state index in [0.29, 0.717) is 0 Å². The number of hydrogen-bond acceptors (Lipinski definition) is 3. The minimum absolute atomic E-state index is 0.720. The van der Waals surface area contributed by atoms with E-state index in [1.54, 1.807) is 6.08 Å². The number of aryl methyl sites for hydroxylation is 2. The fraction of sp³-hybridized carbons (Fsp3) is 0.458. The van der Waals surface area contributed by atoms with Gasteiger partial charge >= 0.3 is 5.97 Å². The van der Waals surface area contributed by atoms with Crippen LogP contribution in [0.4, 0.5) is 0 Å². The predicted molar refractivity (Wildman–Crippen MR) is 115 cm³/mol. The Hall–Kier alpha value is -2.49. The van der Waals surface area contributed by atoms with Crippen LogP contribution in [0, 0.1) is 0 Å². The number of rotatable bonds is 12. The molecule has 2 aromatic rings. The summed E-state index contributed by atoms with van der Waals surface area (Å²) in [6.45, 7) is 4.37. The number of aliphatic carboxylic acids is 1. The van der Waals surface area contributed by atoms with E-state index < -0.39 is 5.97 Å². The van der Waals surface area contributed by atoms with Crippen LogP contribution in [0.3, 0.4) is 0 Å². The molecule has 0 aliphatic heterocycles. The van der Waals surface area contributed by atoms with Crippen molar-refractivity contribution in [3.8, 4) is 11.4 Å². The molecule has 0 aliphatic rings. The van der Waals surface area contributed by atoms with Gasteiger partial charge in [-0.25, -0.2) is 14.8 Å². The molecule has 4 nitrogen and oxygen atoms in total. The summed E-state index contributed by atoms with van der Waals surface area (Å²) in [6, 6.07) is 6.06. The van der Waals surface area contributed by atoms with Crippen molar-refractivity contribution in [1.82, 2.24) is 9.97 Å². The lowest BCUT2D eigenvalue weighted by atomic mass is 9.97. The second-order valence-electron chi connectivity index (χ2n) is 7.27. The van der Waals surface area contributed by atoms with Gasteiger partial charge in [0.25, 0.3) is 0 Å². The second-order valence-corrected chi connectivity index (χ2v) is 7.27. The third-order valence-electron chi connectivity index (χ3n) is 4.85. The Balaban J connectivity index is 2.15. The summed E-state index contributed by atoms with van der Waals surface area (Å²) in [4.78, 5) is 20.0. The van der Waals surface area contributed by atoms with E-state index in [9.17, 15) is 4.79 Å². The van der Waals surface area contributed by atoms with Crippen LogP contribution in [0.5, 0.6) is 0 Å². The predicted octanol–water partition coefficient (Wildman–Crippen LogP) is 6.10. The van der Waals surface area contributed by atoms with Crippen molar-refractivity contribution in [2.24, 2.45) is 0 Å². The van der Waals surface area contributed by atoms with Gasteiger partial charge < -0.3 is 5.11 Å². The highest BCUT2D eigenvalue weighted by Crippen LogP contribution is 2.23. The van der Waals surface area contributed by atoms with Gasteiger partial charge in [-0.05, 0) is 48.1 Å². The zero-order chi connectivity index (χ0) is 20.2. The minimum Gasteiger partial charge on any atom is -0.478 e. The first-order chi connectivity index (χ1) is 13.6. The number of carboxylic acid groups (broad SMARTS) is 1. The molecule has 0 atom stereocenters. The molecule has 0 aliphatic carbocycles. The lowest BCUT2D eigenvalue weighted by Crippen LogP contribution is -1.96. The Morgan fingerprint density at radius 3 is 2.36 bits per heavy atom. The third kappa shape index (κ3) is 7.26. The smallest absolute Gasteiger partial charge is 0.328 e. The molecule has 0 fully saturated rings. The standard InChI is InChI=1S/C24H32N2O2/c1-3-5-6-7-8-9-11-21-16-22(13-12-20(21)14-15-23(27)28)24-25-17-19(10-4-2)18-26-24/h12-18H,3-11H2,1-2H3,(H,27,28). The van der Waals surface area contributed by atoms with Crippen LogP contribution in [-0.2, 0) is 17.6 Å². The van der Waals surface area contributed by atoms with Crippen molar-refractivity contribution < 1.29 is 9.90 Å². The molecule has 28 heavy (non-hydrogen) atoms. The van der Waals surface area contributed by atoms with Crippen LogP contribution in [-0.4, -0.2) is 21.0 Å². The summed E-state index contributed by atoms with van der Waals surface area (Å²) >= 11 is 0. The molecule has 0 radical (unpaired) electrons. The lowest BCUT2D eigenvalue weighted by Gasteiger charge is -2.10. The fourth-order valence-electron chi connectivity index (χ4n) is 3.30. The van der Waals surface area contributed by atoms with Crippen molar-refractivity contribution in [2.75, 3.05) is 0 Å². The Morgan fingerprint density at radius 2 is 1.68 bits per heavy atom. The zero-order valence-electron chi connectivity index (χ0n) is 17.2. The second kappa shape index (κ2) is 12.1. The normalized spacial score (nSPS) is 11.2. The van der Waals surface area contributed by atoms with Crippen molar-refractivity contribution in [3.05, 3.63) is 53.4 Å². The van der Waals surface area contributed by atoms with Crippen molar-refractivity contribution in [3.63, 3.8) is 0 Å². The van der Waals surface area contributed by atoms with Crippen molar-refractivity contribution >= 4 is 12.0 Å². The Morgan fingerprint density at radius 1 is 0.964 bits per heavy atom. The molecule has 0 spiro atoms. The van der Waals surface area contributed by atoms with E-state index in [-0.39, 0.29) is 0 Å². The first-order valence-electron chi connectivity index (χ1n) is 10.5. The molecule has 0 saturated heterocycles. The van der Waals surface area contributed by atoms with Gasteiger partial charge in [0.15, 0.2) is 5.82 Å². The number of aromatic nitrogens is 2. The van der Waals surface area contributed by atoms with E-state index >= 15 is 0 Å². The van der Waals surface area contributed by atoms with Crippen LogP contribution in [0.25, 0.3) is 17.5 Å². The summed E-state index contributed by atoms with van der Waals surface area (Å²) < 4.78 is 0. The third-order valence-corrected chi connectivity index (χ3v) is 4.85. The van der Waals surface area contributed by atoms with E-state index in [1.165, 1.54) is 38.2 Å². The van der Waals surface area contributed by atoms with Crippen molar-refractivity contribution in [1.29, 1.82) is 0 Å². The highest BCUT2D eigenvalue weighted by atomic mass is 16.4. The van der Waals surface area contributed by atoms with E-state index in [2.05, 4.69) is 29.9 Å². The number of carbonyl (C=O) groups is 1. The highest BCUT2D eigenvalue weighted by Gasteiger charge is 2.07. The molecule has 0 bridgehead atoms. The van der Waals surface area contributed by atoms with Gasteiger partial charge in [0.2, 0.25) is 0 Å². The topological polar surface area (TPSA) is 63.1 Å². The number of hydrogen-bond donors (Lipinski definition) is 1. The van der Waals surface area contributed by atoms with Gasteiger partial charge in [-0.15, -0.1) is 0 Å². The summed E-state index contributed by atoms with van der Waals surface area (Å²) in [7, 11) is 0.